The Kier molecular flexibility index (Phi) is 6.42. The predicted molar refractivity (Wildman–Crippen MR) is 104 cm³/mol. The van der Waals surface area contributed by atoms with Gasteiger partial charge in [-0.25, -0.2) is 0 Å². The summed E-state index contributed by atoms with van der Waals surface area (Å²) >= 11 is 6.08. The molecule has 1 heterocycles. The molecule has 1 aliphatic heterocycles. The van der Waals surface area contributed by atoms with Crippen LogP contribution in [0.5, 0.6) is 0 Å². The van der Waals surface area contributed by atoms with Gasteiger partial charge in [0.15, 0.2) is 5.78 Å². The fourth-order valence-corrected chi connectivity index (χ4v) is 3.54. The smallest absolute Gasteiger partial charge is 0.230 e. The molecule has 26 heavy (non-hydrogen) atoms. The van der Waals surface area contributed by atoms with Crippen LogP contribution in [-0.4, -0.2) is 31.3 Å². The van der Waals surface area contributed by atoms with Crippen molar-refractivity contribution in [3.05, 3.63) is 64.7 Å². The molecule has 0 bridgehead atoms. The molecule has 0 spiro atoms. The molecule has 4 nitrogen and oxygen atoms in total. The molecule has 0 unspecified atom stereocenters. The molecule has 1 fully saturated rings. The maximum atomic E-state index is 12.8. The zero-order valence-electron chi connectivity index (χ0n) is 14.8. The van der Waals surface area contributed by atoms with Crippen LogP contribution in [0.2, 0.25) is 5.02 Å². The first kappa shape index (κ1) is 18.6. The number of carbonyl (C=O) groups excluding carboxylic acids is 2. The van der Waals surface area contributed by atoms with Gasteiger partial charge in [0.2, 0.25) is 5.91 Å². The lowest BCUT2D eigenvalue weighted by atomic mass is 10.0. The Balaban J connectivity index is 1.69. The lowest BCUT2D eigenvalue weighted by Crippen LogP contribution is -3.12. The zero-order valence-corrected chi connectivity index (χ0v) is 15.5. The van der Waals surface area contributed by atoms with Crippen LogP contribution in [0.1, 0.15) is 41.6 Å². The van der Waals surface area contributed by atoms with Crippen molar-refractivity contribution in [1.29, 1.82) is 0 Å². The molecule has 2 N–H and O–H groups in total. The molecule has 5 heteroatoms. The molecule has 0 radical (unpaired) electrons. The number of carbonyl (C=O) groups is 2. The van der Waals surface area contributed by atoms with Crippen molar-refractivity contribution in [1.82, 2.24) is 0 Å². The highest BCUT2D eigenvalue weighted by molar-refractivity contribution is 6.31. The third-order valence-corrected chi connectivity index (χ3v) is 5.04. The van der Waals surface area contributed by atoms with Crippen LogP contribution in [0.3, 0.4) is 0 Å². The summed E-state index contributed by atoms with van der Waals surface area (Å²) in [5, 5.41) is 3.37. The normalized spacial score (nSPS) is 14.8. The molecule has 1 saturated heterocycles. The van der Waals surface area contributed by atoms with Crippen molar-refractivity contribution < 1.29 is 14.5 Å². The van der Waals surface area contributed by atoms with E-state index in [2.05, 4.69) is 5.32 Å². The molecule has 0 aromatic heterocycles. The van der Waals surface area contributed by atoms with Gasteiger partial charge in [-0.15, -0.1) is 0 Å². The highest BCUT2D eigenvalue weighted by Gasteiger charge is 2.18. The van der Waals surface area contributed by atoms with Crippen LogP contribution < -0.4 is 10.2 Å². The lowest BCUT2D eigenvalue weighted by molar-refractivity contribution is -0.904. The second-order valence-electron chi connectivity index (χ2n) is 6.74. The summed E-state index contributed by atoms with van der Waals surface area (Å²) in [6, 6.07) is 14.0. The van der Waals surface area contributed by atoms with Crippen LogP contribution >= 0.6 is 11.6 Å². The molecule has 3 rings (SSSR count). The Morgan fingerprint density at radius 1 is 1.00 bits per heavy atom. The molecule has 136 valence electrons. The van der Waals surface area contributed by atoms with E-state index in [4.69, 9.17) is 11.6 Å². The number of rotatable bonds is 6. The highest BCUT2D eigenvalue weighted by Crippen LogP contribution is 2.23. The van der Waals surface area contributed by atoms with Gasteiger partial charge in [-0.1, -0.05) is 41.9 Å². The SMILES string of the molecule is O=C(CC[NH+]1CCCCC1)Nc1ccc(Cl)cc1C(=O)c1ccccc1. The summed E-state index contributed by atoms with van der Waals surface area (Å²) < 4.78 is 0. The van der Waals surface area contributed by atoms with Crippen LogP contribution in [0.4, 0.5) is 5.69 Å². The van der Waals surface area contributed by atoms with Crippen molar-refractivity contribution in [2.24, 2.45) is 0 Å². The Hall–Kier alpha value is -2.17. The standard InChI is InChI=1S/C21H23ClN2O2/c22-17-9-10-19(18(15-17)21(26)16-7-3-1-4-8-16)23-20(25)11-14-24-12-5-2-6-13-24/h1,3-4,7-10,15H,2,5-6,11-14H2,(H,23,25)/p+1. The summed E-state index contributed by atoms with van der Waals surface area (Å²) in [5.74, 6) is -0.211. The van der Waals surface area contributed by atoms with E-state index in [-0.39, 0.29) is 11.7 Å². The minimum absolute atomic E-state index is 0.0625. The first-order valence-corrected chi connectivity index (χ1v) is 9.54. The molecule has 0 atom stereocenters. The van der Waals surface area contributed by atoms with Crippen LogP contribution in [-0.2, 0) is 4.79 Å². The fraction of sp³-hybridized carbons (Fsp3) is 0.333. The van der Waals surface area contributed by atoms with Gasteiger partial charge in [0, 0.05) is 16.1 Å². The number of amides is 1. The molecular formula is C21H24ClN2O2+. The minimum Gasteiger partial charge on any atom is -0.335 e. The molecular weight excluding hydrogens is 348 g/mol. The first-order valence-electron chi connectivity index (χ1n) is 9.16. The van der Waals surface area contributed by atoms with Crippen molar-refractivity contribution in [3.63, 3.8) is 0 Å². The van der Waals surface area contributed by atoms with Gasteiger partial charge in [0.25, 0.3) is 0 Å². The largest absolute Gasteiger partial charge is 0.335 e. The highest BCUT2D eigenvalue weighted by atomic mass is 35.5. The maximum Gasteiger partial charge on any atom is 0.230 e. The van der Waals surface area contributed by atoms with E-state index in [1.54, 1.807) is 30.3 Å². The van der Waals surface area contributed by atoms with E-state index in [9.17, 15) is 9.59 Å². The number of halogens is 1. The summed E-state index contributed by atoms with van der Waals surface area (Å²) in [7, 11) is 0. The van der Waals surface area contributed by atoms with Gasteiger partial charge in [-0.2, -0.15) is 0 Å². The van der Waals surface area contributed by atoms with E-state index >= 15 is 0 Å². The Morgan fingerprint density at radius 3 is 2.46 bits per heavy atom. The molecule has 2 aromatic carbocycles. The van der Waals surface area contributed by atoms with Gasteiger partial charge in [0.1, 0.15) is 0 Å². The molecule has 2 aromatic rings. The first-order chi connectivity index (χ1) is 12.6. The fourth-order valence-electron chi connectivity index (χ4n) is 3.36. The quantitative estimate of drug-likeness (QED) is 0.767. The third kappa shape index (κ3) is 4.93. The zero-order chi connectivity index (χ0) is 18.4. The van der Waals surface area contributed by atoms with Crippen molar-refractivity contribution in [2.45, 2.75) is 25.7 Å². The second kappa shape index (κ2) is 8.97. The molecule has 0 aliphatic carbocycles. The van der Waals surface area contributed by atoms with E-state index in [1.165, 1.54) is 24.2 Å². The number of piperidine rings is 1. The van der Waals surface area contributed by atoms with Gasteiger partial charge in [-0.05, 0) is 37.5 Å². The average molecular weight is 372 g/mol. The number of benzene rings is 2. The van der Waals surface area contributed by atoms with Crippen LogP contribution in [0.25, 0.3) is 0 Å². The summed E-state index contributed by atoms with van der Waals surface area (Å²) in [6.45, 7) is 3.12. The number of hydrogen-bond donors (Lipinski definition) is 2. The van der Waals surface area contributed by atoms with E-state index in [1.807, 2.05) is 18.2 Å². The summed E-state index contributed by atoms with van der Waals surface area (Å²) in [6.07, 6.45) is 4.23. The monoisotopic (exact) mass is 371 g/mol. The summed E-state index contributed by atoms with van der Waals surface area (Å²) in [4.78, 5) is 26.7. The second-order valence-corrected chi connectivity index (χ2v) is 7.18. The van der Waals surface area contributed by atoms with Crippen LogP contribution in [0, 0.1) is 0 Å². The van der Waals surface area contributed by atoms with Crippen molar-refractivity contribution in [3.8, 4) is 0 Å². The Morgan fingerprint density at radius 2 is 1.73 bits per heavy atom. The van der Waals surface area contributed by atoms with Crippen LogP contribution in [0.15, 0.2) is 48.5 Å². The van der Waals surface area contributed by atoms with E-state index < -0.39 is 0 Å². The number of quaternary nitrogens is 1. The summed E-state index contributed by atoms with van der Waals surface area (Å²) in [5.41, 5.74) is 1.51. The van der Waals surface area contributed by atoms with Gasteiger partial charge in [-0.3, -0.25) is 9.59 Å². The molecule has 1 amide bonds. The Labute approximate surface area is 159 Å². The number of anilines is 1. The molecule has 1 aliphatic rings. The average Bonchev–Trinajstić information content (AvgIpc) is 2.69. The third-order valence-electron chi connectivity index (χ3n) is 4.80. The molecule has 0 saturated carbocycles. The van der Waals surface area contributed by atoms with Gasteiger partial charge < -0.3 is 10.2 Å². The number of hydrogen-bond acceptors (Lipinski definition) is 2. The maximum absolute atomic E-state index is 12.8. The van der Waals surface area contributed by atoms with Gasteiger partial charge >= 0.3 is 0 Å². The number of likely N-dealkylation sites (tertiary alicyclic amines) is 1. The van der Waals surface area contributed by atoms with Crippen molar-refractivity contribution >= 4 is 29.0 Å². The van der Waals surface area contributed by atoms with E-state index in [0.29, 0.717) is 28.3 Å². The number of ketones is 1. The van der Waals surface area contributed by atoms with Gasteiger partial charge in [0.05, 0.1) is 31.7 Å². The minimum atomic E-state index is -0.148. The lowest BCUT2D eigenvalue weighted by Gasteiger charge is -2.23. The van der Waals surface area contributed by atoms with E-state index in [0.717, 1.165) is 19.6 Å². The Bertz CT molecular complexity index is 771. The number of nitrogens with one attached hydrogen (secondary N) is 2. The predicted octanol–water partition coefficient (Wildman–Crippen LogP) is 2.97. The topological polar surface area (TPSA) is 50.6 Å². The van der Waals surface area contributed by atoms with Crippen molar-refractivity contribution in [2.75, 3.05) is 25.0 Å².